The number of hydrogen-bond acceptors (Lipinski definition) is 4. The first kappa shape index (κ1) is 57.1. The maximum Gasteiger partial charge on any atom is 0.303 e. The highest BCUT2D eigenvalue weighted by Gasteiger charge is 2.31. The Morgan fingerprint density at radius 1 is 0.792 bits per heavy atom. The Morgan fingerprint density at radius 2 is 1.32 bits per heavy atom. The molecule has 0 amide bonds. The Hall–Kier alpha value is -2.64. The number of Topliss-reactive ketones (excluding diaryl/α,β-unsaturated/α-hetero) is 1. The molecule has 2 aromatic rings. The lowest BCUT2D eigenvalue weighted by Crippen LogP contribution is -2.38. The summed E-state index contributed by atoms with van der Waals surface area (Å²) in [5.41, 5.74) is 2.38. The predicted octanol–water partition coefficient (Wildman–Crippen LogP) is 13.6. The summed E-state index contributed by atoms with van der Waals surface area (Å²) in [5, 5.41) is 7.72. The van der Waals surface area contributed by atoms with E-state index in [0.29, 0.717) is 28.9 Å². The van der Waals surface area contributed by atoms with Crippen LogP contribution >= 0.6 is 0 Å². The van der Waals surface area contributed by atoms with Gasteiger partial charge in [0.15, 0.2) is 0 Å². The van der Waals surface area contributed by atoms with E-state index in [1.54, 1.807) is 45.9 Å². The third-order valence-electron chi connectivity index (χ3n) is 8.34. The fraction of sp³-hybridized carbons (Fsp3) is 0.696. The number of nitrogens with zero attached hydrogens (tertiary/aromatic N) is 1. The van der Waals surface area contributed by atoms with Crippen molar-refractivity contribution in [2.24, 2.45) is 11.8 Å². The van der Waals surface area contributed by atoms with Gasteiger partial charge in [-0.1, -0.05) is 145 Å². The maximum atomic E-state index is 12.6. The number of ether oxygens (including phenoxy) is 1. The monoisotopic (exact) mass is 752 g/mol. The second-order valence-corrected chi connectivity index (χ2v) is 13.4. The summed E-state index contributed by atoms with van der Waals surface area (Å²) in [6.07, 6.45) is 13.3. The molecule has 0 aliphatic carbocycles. The number of halogens is 2. The molecular formula is C46H83F2NO4. The number of benzene rings is 2. The topological polar surface area (TPSA) is 66.8 Å². The average Bonchev–Trinajstić information content (AvgIpc) is 3.67. The molecule has 310 valence electrons. The van der Waals surface area contributed by atoms with E-state index in [9.17, 15) is 18.4 Å². The molecule has 2 aromatic carbocycles. The summed E-state index contributed by atoms with van der Waals surface area (Å²) >= 11 is 0. The molecule has 5 nitrogen and oxygen atoms in total. The Bertz CT molecular complexity index is 1080. The van der Waals surface area contributed by atoms with Gasteiger partial charge >= 0.3 is 5.97 Å². The van der Waals surface area contributed by atoms with Crippen molar-refractivity contribution in [2.45, 2.75) is 174 Å². The van der Waals surface area contributed by atoms with Crippen LogP contribution in [0, 0.1) is 44.2 Å². The molecule has 53 heavy (non-hydrogen) atoms. The van der Waals surface area contributed by atoms with Crippen LogP contribution in [0.2, 0.25) is 0 Å². The van der Waals surface area contributed by atoms with Gasteiger partial charge in [-0.05, 0) is 88.2 Å². The van der Waals surface area contributed by atoms with Crippen LogP contribution in [0.5, 0.6) is 0 Å². The smallest absolute Gasteiger partial charge is 0.303 e. The van der Waals surface area contributed by atoms with Crippen LogP contribution in [0.4, 0.5) is 8.78 Å². The molecule has 0 spiro atoms. The predicted molar refractivity (Wildman–Crippen MR) is 226 cm³/mol. The third-order valence-corrected chi connectivity index (χ3v) is 8.34. The van der Waals surface area contributed by atoms with Gasteiger partial charge in [-0.2, -0.15) is 0 Å². The first-order valence-electron chi connectivity index (χ1n) is 20.7. The van der Waals surface area contributed by atoms with Gasteiger partial charge in [0, 0.05) is 38.1 Å². The van der Waals surface area contributed by atoms with Gasteiger partial charge in [0.25, 0.3) is 0 Å². The SMILES string of the molecule is CC.CC.CC(=O)C1CCN(C2CCOCC2)C1.CCC(=O)O.CCCC.CCCCCCC(C)C.Cc1ccc(C)c(F)c1.Cc1ccccc1F. The normalized spacial score (nSPS) is 14.5. The van der Waals surface area contributed by atoms with Gasteiger partial charge in [-0.25, -0.2) is 8.78 Å². The molecule has 1 unspecified atom stereocenters. The fourth-order valence-electron chi connectivity index (χ4n) is 4.73. The highest BCUT2D eigenvalue weighted by Crippen LogP contribution is 2.24. The van der Waals surface area contributed by atoms with Crippen LogP contribution in [-0.2, 0) is 14.3 Å². The van der Waals surface area contributed by atoms with E-state index < -0.39 is 5.97 Å². The summed E-state index contributed by atoms with van der Waals surface area (Å²) in [4.78, 5) is 23.1. The van der Waals surface area contributed by atoms with Crippen LogP contribution in [0.3, 0.4) is 0 Å². The number of carbonyl (C=O) groups is 2. The summed E-state index contributed by atoms with van der Waals surface area (Å²) in [6, 6.07) is 12.6. The molecule has 2 fully saturated rings. The number of aliphatic carboxylic acids is 1. The van der Waals surface area contributed by atoms with Gasteiger partial charge in [-0.15, -0.1) is 0 Å². The minimum Gasteiger partial charge on any atom is -0.481 e. The Morgan fingerprint density at radius 3 is 1.68 bits per heavy atom. The lowest BCUT2D eigenvalue weighted by atomic mass is 10.0. The van der Waals surface area contributed by atoms with E-state index in [2.05, 4.69) is 39.5 Å². The van der Waals surface area contributed by atoms with E-state index in [1.165, 1.54) is 57.1 Å². The summed E-state index contributed by atoms with van der Waals surface area (Å²) in [5.74, 6) is 0.576. The average molecular weight is 752 g/mol. The van der Waals surface area contributed by atoms with E-state index in [4.69, 9.17) is 9.84 Å². The summed E-state index contributed by atoms with van der Waals surface area (Å²) in [7, 11) is 0. The first-order chi connectivity index (χ1) is 25.2. The molecule has 2 aliphatic heterocycles. The van der Waals surface area contributed by atoms with E-state index in [-0.39, 0.29) is 18.1 Å². The number of carbonyl (C=O) groups excluding carboxylic acids is 1. The zero-order chi connectivity index (χ0) is 41.6. The molecule has 1 atom stereocenters. The lowest BCUT2D eigenvalue weighted by Gasteiger charge is -2.30. The number of carboxylic acids is 1. The number of hydrogen-bond donors (Lipinski definition) is 1. The van der Waals surface area contributed by atoms with E-state index in [1.807, 2.05) is 46.8 Å². The maximum absolute atomic E-state index is 12.6. The third kappa shape index (κ3) is 36.1. The molecule has 0 aromatic heterocycles. The van der Waals surface area contributed by atoms with Gasteiger partial charge in [0.05, 0.1) is 0 Å². The highest BCUT2D eigenvalue weighted by molar-refractivity contribution is 5.78. The fourth-order valence-corrected chi connectivity index (χ4v) is 4.73. The van der Waals surface area contributed by atoms with Crippen LogP contribution in [0.15, 0.2) is 42.5 Å². The molecule has 4 rings (SSSR count). The molecule has 0 bridgehead atoms. The van der Waals surface area contributed by atoms with Crippen molar-refractivity contribution in [1.82, 2.24) is 4.90 Å². The van der Waals surface area contributed by atoms with E-state index in [0.717, 1.165) is 57.0 Å². The molecule has 7 heteroatoms. The van der Waals surface area contributed by atoms with Crippen molar-refractivity contribution in [1.29, 1.82) is 0 Å². The van der Waals surface area contributed by atoms with Crippen molar-refractivity contribution in [3.63, 3.8) is 0 Å². The second kappa shape index (κ2) is 40.5. The number of carboxylic acid groups (broad SMARTS) is 1. The Kier molecular flexibility index (Phi) is 43.7. The molecule has 1 N–H and O–H groups in total. The lowest BCUT2D eigenvalue weighted by molar-refractivity contribution is -0.136. The molecular weight excluding hydrogens is 669 g/mol. The number of rotatable bonds is 9. The van der Waals surface area contributed by atoms with Gasteiger partial charge < -0.3 is 9.84 Å². The van der Waals surface area contributed by atoms with Crippen LogP contribution < -0.4 is 0 Å². The Labute approximate surface area is 326 Å². The second-order valence-electron chi connectivity index (χ2n) is 13.4. The highest BCUT2D eigenvalue weighted by atomic mass is 19.1. The van der Waals surface area contributed by atoms with Crippen molar-refractivity contribution >= 4 is 11.8 Å². The number of ketones is 1. The summed E-state index contributed by atoms with van der Waals surface area (Å²) < 4.78 is 30.2. The molecule has 0 radical (unpaired) electrons. The van der Waals surface area contributed by atoms with Crippen LogP contribution in [0.1, 0.15) is 163 Å². The first-order valence-corrected chi connectivity index (χ1v) is 20.7. The standard InChI is InChI=1S/C11H19NO2.C9H20.C8H9F.C7H7F.C4H10.C3H6O2.2C2H6/c1-9(13)10-2-5-12(8-10)11-3-6-14-7-4-11;1-4-5-6-7-8-9(2)3;1-6-3-4-7(2)8(9)5-6;1-6-4-2-3-5-7(6)8;1-3-4-2;1-2-3(4)5;2*1-2/h10-11H,2-8H2,1H3;9H,4-8H2,1-3H3;3-5H,1-2H3;2-5H,1H3;3-4H2,1-2H3;2H2,1H3,(H,4,5);2*1-2H3. The number of likely N-dealkylation sites (tertiary alicyclic amines) is 1. The Balaban J connectivity index is -0.000000277. The minimum atomic E-state index is -0.745. The zero-order valence-corrected chi connectivity index (χ0v) is 36.8. The van der Waals surface area contributed by atoms with Crippen molar-refractivity contribution < 1.29 is 28.2 Å². The van der Waals surface area contributed by atoms with Gasteiger partial charge in [0.1, 0.15) is 17.4 Å². The quantitative estimate of drug-likeness (QED) is 0.258. The molecule has 0 saturated carbocycles. The van der Waals surface area contributed by atoms with Gasteiger partial charge in [0.2, 0.25) is 0 Å². The van der Waals surface area contributed by atoms with Crippen LogP contribution in [0.25, 0.3) is 0 Å². The van der Waals surface area contributed by atoms with Gasteiger partial charge in [-0.3, -0.25) is 14.5 Å². The number of unbranched alkanes of at least 4 members (excludes halogenated alkanes) is 4. The van der Waals surface area contributed by atoms with Crippen molar-refractivity contribution in [3.05, 3.63) is 70.8 Å². The van der Waals surface area contributed by atoms with Crippen LogP contribution in [-0.4, -0.2) is 54.1 Å². The zero-order valence-electron chi connectivity index (χ0n) is 36.8. The van der Waals surface area contributed by atoms with Crippen molar-refractivity contribution in [3.8, 4) is 0 Å². The van der Waals surface area contributed by atoms with Crippen molar-refractivity contribution in [2.75, 3.05) is 26.3 Å². The molecule has 2 aliphatic rings. The molecule has 2 saturated heterocycles. The molecule has 2 heterocycles. The largest absolute Gasteiger partial charge is 0.481 e. The number of aryl methyl sites for hydroxylation is 3. The van der Waals surface area contributed by atoms with E-state index >= 15 is 0 Å². The summed E-state index contributed by atoms with van der Waals surface area (Å²) in [6.45, 7) is 31.8. The minimum absolute atomic E-state index is 0.116.